The fraction of sp³-hybridized carbons (Fsp3) is 0.120. The molecule has 0 aliphatic rings. The molecule has 0 aliphatic carbocycles. The van der Waals surface area contributed by atoms with Crippen LogP contribution in [0.15, 0.2) is 82.7 Å². The Bertz CT molecular complexity index is 1390. The van der Waals surface area contributed by atoms with E-state index in [1.165, 1.54) is 34.6 Å². The minimum atomic E-state index is -0.496. The number of aryl methyl sites for hydroxylation is 2. The largest absolute Gasteiger partial charge is 0.470 e. The lowest BCUT2D eigenvalue weighted by molar-refractivity contribution is -0.385. The predicted octanol–water partition coefficient (Wildman–Crippen LogP) is 6.50. The zero-order valence-corrected chi connectivity index (χ0v) is 20.5. The lowest BCUT2D eigenvalue weighted by Crippen LogP contribution is -2.14. The normalized spacial score (nSPS) is 10.7. The van der Waals surface area contributed by atoms with Gasteiger partial charge in [-0.05, 0) is 55.8 Å². The van der Waals surface area contributed by atoms with Gasteiger partial charge in [-0.25, -0.2) is 4.68 Å². The maximum absolute atomic E-state index is 12.8. The molecule has 0 spiro atoms. The molecule has 10 heteroatoms. The lowest BCUT2D eigenvalue weighted by Gasteiger charge is -2.09. The number of nitrogens with one attached hydrogen (secondary N) is 1. The Hall–Kier alpha value is -3.82. The molecule has 1 amide bonds. The molecule has 0 atom stereocenters. The zero-order chi connectivity index (χ0) is 24.9. The molecule has 0 saturated heterocycles. The summed E-state index contributed by atoms with van der Waals surface area (Å²) < 4.78 is 7.15. The minimum Gasteiger partial charge on any atom is -0.470 e. The van der Waals surface area contributed by atoms with Crippen molar-refractivity contribution in [2.45, 2.75) is 30.4 Å². The summed E-state index contributed by atoms with van der Waals surface area (Å²) in [5.41, 5.74) is 2.45. The van der Waals surface area contributed by atoms with Crippen molar-refractivity contribution >= 4 is 40.6 Å². The molecule has 1 aromatic heterocycles. The van der Waals surface area contributed by atoms with Gasteiger partial charge in [-0.15, -0.1) is 0 Å². The van der Waals surface area contributed by atoms with Crippen LogP contribution in [0.3, 0.4) is 0 Å². The first-order valence-electron chi connectivity index (χ1n) is 10.5. The van der Waals surface area contributed by atoms with Gasteiger partial charge < -0.3 is 10.1 Å². The highest BCUT2D eigenvalue weighted by Crippen LogP contribution is 2.33. The van der Waals surface area contributed by atoms with E-state index in [1.807, 2.05) is 50.2 Å². The maximum atomic E-state index is 12.8. The summed E-state index contributed by atoms with van der Waals surface area (Å²) >= 11 is 7.52. The average molecular weight is 509 g/mol. The molecule has 3 aromatic carbocycles. The second-order valence-corrected chi connectivity index (χ2v) is 9.34. The number of carbonyl (C=O) groups is 1. The van der Waals surface area contributed by atoms with Crippen molar-refractivity contribution in [3.63, 3.8) is 0 Å². The second-order valence-electron chi connectivity index (χ2n) is 7.79. The molecule has 4 aromatic rings. The molecule has 0 unspecified atom stereocenters. The van der Waals surface area contributed by atoms with Gasteiger partial charge in [0.2, 0.25) is 0 Å². The van der Waals surface area contributed by atoms with Crippen LogP contribution in [0.5, 0.6) is 5.75 Å². The maximum Gasteiger partial charge on any atom is 0.276 e. The van der Waals surface area contributed by atoms with Gasteiger partial charge in [0.05, 0.1) is 9.95 Å². The van der Waals surface area contributed by atoms with E-state index >= 15 is 0 Å². The molecule has 0 aliphatic heterocycles. The molecule has 8 nitrogen and oxygen atoms in total. The lowest BCUT2D eigenvalue weighted by atomic mass is 10.2. The van der Waals surface area contributed by atoms with E-state index in [4.69, 9.17) is 16.3 Å². The predicted molar refractivity (Wildman–Crippen MR) is 135 cm³/mol. The van der Waals surface area contributed by atoms with Crippen molar-refractivity contribution in [1.29, 1.82) is 0 Å². The molecule has 4 rings (SSSR count). The number of nitro groups is 1. The third kappa shape index (κ3) is 6.40. The molecule has 0 radical (unpaired) electrons. The van der Waals surface area contributed by atoms with E-state index in [-0.39, 0.29) is 18.1 Å². The number of amides is 1. The van der Waals surface area contributed by atoms with Crippen molar-refractivity contribution < 1.29 is 14.5 Å². The molecule has 1 heterocycles. The minimum absolute atomic E-state index is 0.0601. The van der Waals surface area contributed by atoms with Crippen LogP contribution in [0.2, 0.25) is 5.02 Å². The van der Waals surface area contributed by atoms with E-state index in [0.717, 1.165) is 16.0 Å². The number of hydrogen-bond donors (Lipinski definition) is 1. The molecular formula is C25H21ClN4O4S. The number of halogens is 1. The van der Waals surface area contributed by atoms with Crippen LogP contribution in [-0.2, 0) is 6.73 Å². The average Bonchev–Trinajstić information content (AvgIpc) is 3.30. The van der Waals surface area contributed by atoms with Crippen molar-refractivity contribution in [1.82, 2.24) is 9.78 Å². The smallest absolute Gasteiger partial charge is 0.276 e. The third-order valence-electron chi connectivity index (χ3n) is 4.93. The van der Waals surface area contributed by atoms with Crippen LogP contribution in [0.4, 0.5) is 11.4 Å². The molecule has 0 fully saturated rings. The van der Waals surface area contributed by atoms with E-state index in [2.05, 4.69) is 10.4 Å². The molecule has 35 heavy (non-hydrogen) atoms. The number of rotatable bonds is 8. The summed E-state index contributed by atoms with van der Waals surface area (Å²) in [4.78, 5) is 25.3. The Morgan fingerprint density at radius 3 is 2.54 bits per heavy atom. The van der Waals surface area contributed by atoms with Gasteiger partial charge in [0, 0.05) is 33.8 Å². The van der Waals surface area contributed by atoms with Crippen LogP contribution >= 0.6 is 23.4 Å². The number of nitrogens with zero attached hydrogens (tertiary/aromatic N) is 3. The quantitative estimate of drug-likeness (QED) is 0.215. The summed E-state index contributed by atoms with van der Waals surface area (Å²) in [6.45, 7) is 3.98. The van der Waals surface area contributed by atoms with Crippen LogP contribution in [0.25, 0.3) is 0 Å². The van der Waals surface area contributed by atoms with Gasteiger partial charge in [-0.1, -0.05) is 47.1 Å². The Kier molecular flexibility index (Phi) is 7.38. The topological polar surface area (TPSA) is 99.3 Å². The highest BCUT2D eigenvalue weighted by molar-refractivity contribution is 7.99. The standard InChI is InChI=1S/C25H21ClN4O4S/c1-16-3-6-20(7-4-16)35-21-13-18(12-19(14-21)30(32)33)27-25(31)23-9-10-29(28-23)15-34-24-11-17(2)5-8-22(24)26/h3-14H,15H2,1-2H3,(H,27,31). The van der Waals surface area contributed by atoms with Gasteiger partial charge in [0.25, 0.3) is 11.6 Å². The van der Waals surface area contributed by atoms with Gasteiger partial charge in [0.1, 0.15) is 5.75 Å². The number of carbonyl (C=O) groups excluding carboxylic acids is 1. The third-order valence-corrected chi connectivity index (χ3v) is 6.22. The van der Waals surface area contributed by atoms with Crippen molar-refractivity contribution in [2.75, 3.05) is 5.32 Å². The number of anilines is 1. The number of aromatic nitrogens is 2. The number of ether oxygens (including phenoxy) is 1. The Morgan fingerprint density at radius 1 is 1.06 bits per heavy atom. The Labute approximate surface area is 211 Å². The first-order chi connectivity index (χ1) is 16.8. The summed E-state index contributed by atoms with van der Waals surface area (Å²) in [6, 6.07) is 19.3. The molecule has 0 saturated carbocycles. The highest BCUT2D eigenvalue weighted by atomic mass is 35.5. The van der Waals surface area contributed by atoms with E-state index in [1.54, 1.807) is 18.3 Å². The first kappa shape index (κ1) is 24.3. The van der Waals surface area contributed by atoms with Crippen LogP contribution in [-0.4, -0.2) is 20.6 Å². The van der Waals surface area contributed by atoms with Crippen LogP contribution in [0, 0.1) is 24.0 Å². The summed E-state index contributed by atoms with van der Waals surface area (Å²) in [5.74, 6) is 0.0208. The summed E-state index contributed by atoms with van der Waals surface area (Å²) in [7, 11) is 0. The molecule has 1 N–H and O–H groups in total. The number of benzene rings is 3. The molecule has 0 bridgehead atoms. The zero-order valence-electron chi connectivity index (χ0n) is 18.9. The van der Waals surface area contributed by atoms with Crippen molar-refractivity contribution in [2.24, 2.45) is 0 Å². The van der Waals surface area contributed by atoms with E-state index in [0.29, 0.717) is 21.4 Å². The van der Waals surface area contributed by atoms with Crippen LogP contribution in [0.1, 0.15) is 21.6 Å². The monoisotopic (exact) mass is 508 g/mol. The number of hydrogen-bond acceptors (Lipinski definition) is 6. The number of nitro benzene ring substituents is 1. The van der Waals surface area contributed by atoms with E-state index < -0.39 is 10.8 Å². The summed E-state index contributed by atoms with van der Waals surface area (Å²) in [6.07, 6.45) is 1.60. The van der Waals surface area contributed by atoms with Crippen LogP contribution < -0.4 is 10.1 Å². The highest BCUT2D eigenvalue weighted by Gasteiger charge is 2.15. The van der Waals surface area contributed by atoms with Gasteiger partial charge in [0.15, 0.2) is 12.4 Å². The summed E-state index contributed by atoms with van der Waals surface area (Å²) in [5, 5.41) is 18.8. The molecule has 178 valence electrons. The first-order valence-corrected chi connectivity index (χ1v) is 11.7. The van der Waals surface area contributed by atoms with Crippen molar-refractivity contribution in [3.05, 3.63) is 105 Å². The van der Waals surface area contributed by atoms with Gasteiger partial charge in [-0.2, -0.15) is 5.10 Å². The fourth-order valence-corrected chi connectivity index (χ4v) is 4.25. The Balaban J connectivity index is 1.46. The SMILES string of the molecule is Cc1ccc(Sc2cc(NC(=O)c3ccn(COc4cc(C)ccc4Cl)n3)cc([N+](=O)[O-])c2)cc1. The van der Waals surface area contributed by atoms with Gasteiger partial charge in [-0.3, -0.25) is 14.9 Å². The molecular weight excluding hydrogens is 488 g/mol. The van der Waals surface area contributed by atoms with Crippen molar-refractivity contribution in [3.8, 4) is 5.75 Å². The Morgan fingerprint density at radius 2 is 1.80 bits per heavy atom. The van der Waals surface area contributed by atoms with E-state index in [9.17, 15) is 14.9 Å². The second kappa shape index (κ2) is 10.6. The van der Waals surface area contributed by atoms with Gasteiger partial charge >= 0.3 is 0 Å². The number of non-ortho nitro benzene ring substituents is 1. The fourth-order valence-electron chi connectivity index (χ4n) is 3.17.